The Morgan fingerprint density at radius 2 is 2.11 bits per heavy atom. The molecule has 0 aliphatic rings. The third-order valence-electron chi connectivity index (χ3n) is 2.33. The number of carbonyl (C=O) groups excluding carboxylic acids is 1. The van der Waals surface area contributed by atoms with E-state index in [2.05, 4.69) is 25.4 Å². The fourth-order valence-electron chi connectivity index (χ4n) is 1.34. The monoisotopic (exact) mass is 349 g/mol. The maximum Gasteiger partial charge on any atom is 0.306 e. The first kappa shape index (κ1) is 16.0. The summed E-state index contributed by atoms with van der Waals surface area (Å²) >= 11 is 3.33. The number of benzene rings is 1. The molecule has 1 N–H and O–H groups in total. The van der Waals surface area contributed by atoms with E-state index in [0.29, 0.717) is 5.69 Å². The lowest BCUT2D eigenvalue weighted by Gasteiger charge is -2.09. The van der Waals surface area contributed by atoms with Crippen molar-refractivity contribution in [2.75, 3.05) is 17.1 Å². The molecule has 0 saturated carbocycles. The van der Waals surface area contributed by atoms with Gasteiger partial charge in [-0.15, -0.1) is 0 Å². The molecule has 7 heteroatoms. The van der Waals surface area contributed by atoms with Crippen LogP contribution in [-0.2, 0) is 19.6 Å². The quantitative estimate of drug-likeness (QED) is 0.800. The van der Waals surface area contributed by atoms with E-state index in [1.807, 2.05) is 6.92 Å². The number of rotatable bonds is 6. The van der Waals surface area contributed by atoms with E-state index in [1.54, 1.807) is 25.1 Å². The van der Waals surface area contributed by atoms with Crippen molar-refractivity contribution in [3.8, 4) is 0 Å². The molecule has 106 valence electrons. The van der Waals surface area contributed by atoms with E-state index in [4.69, 9.17) is 0 Å². The van der Waals surface area contributed by atoms with E-state index in [-0.39, 0.29) is 18.8 Å². The minimum atomic E-state index is -3.55. The Bertz CT molecular complexity index is 557. The van der Waals surface area contributed by atoms with Gasteiger partial charge in [0.25, 0.3) is 0 Å². The van der Waals surface area contributed by atoms with Gasteiger partial charge in [-0.25, -0.2) is 8.42 Å². The van der Waals surface area contributed by atoms with E-state index in [0.717, 1.165) is 10.0 Å². The van der Waals surface area contributed by atoms with E-state index in [9.17, 15) is 13.2 Å². The number of nitrogens with one attached hydrogen (secondary N) is 1. The van der Waals surface area contributed by atoms with Crippen molar-refractivity contribution in [2.45, 2.75) is 20.3 Å². The summed E-state index contributed by atoms with van der Waals surface area (Å²) in [6.07, 6.45) is -0.157. The number of sulfonamides is 1. The van der Waals surface area contributed by atoms with Crippen molar-refractivity contribution >= 4 is 37.6 Å². The molecule has 0 fully saturated rings. The Hall–Kier alpha value is -1.08. The normalized spacial score (nSPS) is 11.1. The third kappa shape index (κ3) is 5.61. The molecule has 0 bridgehead atoms. The number of hydrogen-bond acceptors (Lipinski definition) is 4. The first-order valence-corrected chi connectivity index (χ1v) is 8.21. The molecule has 0 heterocycles. The molecule has 0 atom stereocenters. The van der Waals surface area contributed by atoms with Gasteiger partial charge in [0.05, 0.1) is 18.8 Å². The van der Waals surface area contributed by atoms with Crippen LogP contribution in [0.3, 0.4) is 0 Å². The highest BCUT2D eigenvalue weighted by atomic mass is 79.9. The summed E-state index contributed by atoms with van der Waals surface area (Å²) in [4.78, 5) is 11.1. The SMILES string of the molecule is CCOC(=O)CCS(=O)(=O)Nc1ccc(C)c(Br)c1. The summed E-state index contributed by atoms with van der Waals surface area (Å²) in [7, 11) is -3.55. The summed E-state index contributed by atoms with van der Waals surface area (Å²) in [5.41, 5.74) is 1.47. The molecule has 1 rings (SSSR count). The molecular weight excluding hydrogens is 334 g/mol. The fraction of sp³-hybridized carbons (Fsp3) is 0.417. The van der Waals surface area contributed by atoms with Gasteiger partial charge in [0.2, 0.25) is 10.0 Å². The highest BCUT2D eigenvalue weighted by molar-refractivity contribution is 9.10. The molecule has 19 heavy (non-hydrogen) atoms. The van der Waals surface area contributed by atoms with Gasteiger partial charge in [-0.2, -0.15) is 0 Å². The van der Waals surface area contributed by atoms with Crippen molar-refractivity contribution in [1.29, 1.82) is 0 Å². The van der Waals surface area contributed by atoms with Gasteiger partial charge in [-0.05, 0) is 31.5 Å². The van der Waals surface area contributed by atoms with Crippen molar-refractivity contribution in [3.05, 3.63) is 28.2 Å². The molecule has 1 aromatic rings. The minimum absolute atomic E-state index is 0.157. The summed E-state index contributed by atoms with van der Waals surface area (Å²) < 4.78 is 31.5. The largest absolute Gasteiger partial charge is 0.466 e. The summed E-state index contributed by atoms with van der Waals surface area (Å²) in [5.74, 6) is -0.810. The molecule has 0 spiro atoms. The fourth-order valence-corrected chi connectivity index (χ4v) is 2.74. The van der Waals surface area contributed by atoms with Crippen LogP contribution in [0.15, 0.2) is 22.7 Å². The topological polar surface area (TPSA) is 72.5 Å². The van der Waals surface area contributed by atoms with Crippen molar-refractivity contribution < 1.29 is 17.9 Å². The average molecular weight is 350 g/mol. The van der Waals surface area contributed by atoms with Gasteiger partial charge in [-0.1, -0.05) is 22.0 Å². The molecule has 0 aliphatic heterocycles. The molecule has 0 amide bonds. The van der Waals surface area contributed by atoms with Crippen LogP contribution >= 0.6 is 15.9 Å². The van der Waals surface area contributed by atoms with Crippen LogP contribution in [0.5, 0.6) is 0 Å². The van der Waals surface area contributed by atoms with Crippen LogP contribution in [0.25, 0.3) is 0 Å². The highest BCUT2D eigenvalue weighted by Gasteiger charge is 2.14. The predicted molar refractivity (Wildman–Crippen MR) is 77.5 cm³/mol. The number of hydrogen-bond donors (Lipinski definition) is 1. The standard InChI is InChI=1S/C12H16BrNO4S/c1-3-18-12(15)6-7-19(16,17)14-10-5-4-9(2)11(13)8-10/h4-5,8,14H,3,6-7H2,1-2H3. The lowest BCUT2D eigenvalue weighted by Crippen LogP contribution is -2.20. The first-order valence-electron chi connectivity index (χ1n) is 5.76. The lowest BCUT2D eigenvalue weighted by atomic mass is 10.2. The van der Waals surface area contributed by atoms with E-state index < -0.39 is 16.0 Å². The maximum absolute atomic E-state index is 11.8. The summed E-state index contributed by atoms with van der Waals surface area (Å²) in [6.45, 7) is 3.83. The third-order valence-corrected chi connectivity index (χ3v) is 4.47. The van der Waals surface area contributed by atoms with Gasteiger partial charge in [0.1, 0.15) is 0 Å². The Labute approximate surface area is 121 Å². The van der Waals surface area contributed by atoms with Gasteiger partial charge in [0, 0.05) is 10.2 Å². The van der Waals surface area contributed by atoms with E-state index >= 15 is 0 Å². The zero-order chi connectivity index (χ0) is 14.5. The Morgan fingerprint density at radius 3 is 2.68 bits per heavy atom. The zero-order valence-corrected chi connectivity index (χ0v) is 13.2. The first-order chi connectivity index (χ1) is 8.84. The van der Waals surface area contributed by atoms with Crippen molar-refractivity contribution in [3.63, 3.8) is 0 Å². The van der Waals surface area contributed by atoms with Crippen LogP contribution in [-0.4, -0.2) is 26.7 Å². The van der Waals surface area contributed by atoms with Crippen LogP contribution < -0.4 is 4.72 Å². The summed E-state index contributed by atoms with van der Waals surface area (Å²) in [5, 5.41) is 0. The molecule has 1 aromatic carbocycles. The minimum Gasteiger partial charge on any atom is -0.466 e. The van der Waals surface area contributed by atoms with Crippen LogP contribution in [0, 0.1) is 6.92 Å². The Kier molecular flexibility index (Phi) is 5.81. The molecular formula is C12H16BrNO4S. The average Bonchev–Trinajstić information content (AvgIpc) is 2.32. The molecule has 0 unspecified atom stereocenters. The number of esters is 1. The molecule has 0 saturated heterocycles. The number of ether oxygens (including phenoxy) is 1. The van der Waals surface area contributed by atoms with Crippen molar-refractivity contribution in [1.82, 2.24) is 0 Å². The number of carbonyl (C=O) groups is 1. The number of halogens is 1. The second-order valence-corrected chi connectivity index (χ2v) is 6.64. The molecule has 5 nitrogen and oxygen atoms in total. The zero-order valence-electron chi connectivity index (χ0n) is 10.8. The van der Waals surface area contributed by atoms with Gasteiger partial charge < -0.3 is 4.74 Å². The second-order valence-electron chi connectivity index (χ2n) is 3.94. The van der Waals surface area contributed by atoms with Gasteiger partial charge in [0.15, 0.2) is 0 Å². The molecule has 0 aliphatic carbocycles. The van der Waals surface area contributed by atoms with Crippen molar-refractivity contribution in [2.24, 2.45) is 0 Å². The smallest absolute Gasteiger partial charge is 0.306 e. The number of anilines is 1. The van der Waals surface area contributed by atoms with E-state index in [1.165, 1.54) is 0 Å². The predicted octanol–water partition coefficient (Wildman–Crippen LogP) is 2.45. The van der Waals surface area contributed by atoms with Crippen LogP contribution in [0.1, 0.15) is 18.9 Å². The van der Waals surface area contributed by atoms with Gasteiger partial charge >= 0.3 is 5.97 Å². The Morgan fingerprint density at radius 1 is 1.42 bits per heavy atom. The second kappa shape index (κ2) is 6.91. The molecule has 0 aromatic heterocycles. The maximum atomic E-state index is 11.8. The number of aryl methyl sites for hydroxylation is 1. The lowest BCUT2D eigenvalue weighted by molar-refractivity contribution is -0.142. The van der Waals surface area contributed by atoms with Crippen LogP contribution in [0.4, 0.5) is 5.69 Å². The van der Waals surface area contributed by atoms with Crippen LogP contribution in [0.2, 0.25) is 0 Å². The van der Waals surface area contributed by atoms with Gasteiger partial charge in [-0.3, -0.25) is 9.52 Å². The summed E-state index contributed by atoms with van der Waals surface area (Å²) in [6, 6.07) is 5.15. The molecule has 0 radical (unpaired) electrons. The highest BCUT2D eigenvalue weighted by Crippen LogP contribution is 2.21. The Balaban J connectivity index is 2.64.